The van der Waals surface area contributed by atoms with Crippen molar-refractivity contribution < 1.29 is 14.3 Å². The summed E-state index contributed by atoms with van der Waals surface area (Å²) < 4.78 is 10.2. The van der Waals surface area contributed by atoms with E-state index in [2.05, 4.69) is 4.74 Å². The number of hydrogen-bond donors (Lipinski definition) is 1. The predicted molar refractivity (Wildman–Crippen MR) is 66.0 cm³/mol. The van der Waals surface area contributed by atoms with E-state index in [1.54, 1.807) is 6.92 Å². The van der Waals surface area contributed by atoms with E-state index in [0.29, 0.717) is 0 Å². The van der Waals surface area contributed by atoms with Gasteiger partial charge in [0.15, 0.2) is 0 Å². The van der Waals surface area contributed by atoms with E-state index in [9.17, 15) is 4.79 Å². The van der Waals surface area contributed by atoms with Gasteiger partial charge in [-0.1, -0.05) is 12.1 Å². The number of esters is 1. The molecule has 0 aromatic heterocycles. The molecular weight excluding hydrogens is 218 g/mol. The molecule has 0 radical (unpaired) electrons. The van der Waals surface area contributed by atoms with Crippen molar-refractivity contribution in [1.82, 2.24) is 0 Å². The van der Waals surface area contributed by atoms with E-state index in [1.165, 1.54) is 7.11 Å². The molecule has 1 rings (SSSR count). The lowest BCUT2D eigenvalue weighted by atomic mass is 10.1. The summed E-state index contributed by atoms with van der Waals surface area (Å²) in [7, 11) is 1.31. The smallest absolute Gasteiger partial charge is 0.329 e. The first-order valence-corrected chi connectivity index (χ1v) is 5.44. The van der Waals surface area contributed by atoms with Crippen molar-refractivity contribution in [3.8, 4) is 5.75 Å². The van der Waals surface area contributed by atoms with Crippen molar-refractivity contribution in [2.75, 3.05) is 13.7 Å². The third-order valence-electron chi connectivity index (χ3n) is 2.52. The van der Waals surface area contributed by atoms with E-state index < -0.39 is 11.5 Å². The zero-order valence-corrected chi connectivity index (χ0v) is 10.7. The summed E-state index contributed by atoms with van der Waals surface area (Å²) in [5.74, 6) is 0.258. The summed E-state index contributed by atoms with van der Waals surface area (Å²) in [6, 6.07) is 5.89. The molecule has 0 heterocycles. The zero-order valence-electron chi connectivity index (χ0n) is 10.7. The average molecular weight is 237 g/mol. The second-order valence-corrected chi connectivity index (χ2v) is 4.47. The molecule has 1 unspecified atom stereocenters. The monoisotopic (exact) mass is 237 g/mol. The minimum atomic E-state index is -1.13. The predicted octanol–water partition coefficient (Wildman–Crippen LogP) is 1.57. The molecule has 94 valence electrons. The Morgan fingerprint density at radius 3 is 2.65 bits per heavy atom. The van der Waals surface area contributed by atoms with Crippen LogP contribution >= 0.6 is 0 Å². The van der Waals surface area contributed by atoms with Gasteiger partial charge in [-0.15, -0.1) is 0 Å². The van der Waals surface area contributed by atoms with Gasteiger partial charge in [-0.2, -0.15) is 0 Å². The van der Waals surface area contributed by atoms with Gasteiger partial charge in [0.2, 0.25) is 0 Å². The van der Waals surface area contributed by atoms with Gasteiger partial charge in [-0.25, -0.2) is 4.79 Å². The lowest BCUT2D eigenvalue weighted by Gasteiger charge is -2.22. The van der Waals surface area contributed by atoms with Crippen molar-refractivity contribution in [2.45, 2.75) is 26.3 Å². The van der Waals surface area contributed by atoms with Gasteiger partial charge in [0.1, 0.15) is 17.9 Å². The van der Waals surface area contributed by atoms with Crippen molar-refractivity contribution in [3.05, 3.63) is 29.3 Å². The second-order valence-electron chi connectivity index (χ2n) is 4.47. The van der Waals surface area contributed by atoms with Crippen LogP contribution in [0, 0.1) is 13.8 Å². The van der Waals surface area contributed by atoms with E-state index in [0.717, 1.165) is 16.9 Å². The number of aryl methyl sites for hydroxylation is 2. The number of hydrogen-bond acceptors (Lipinski definition) is 4. The molecule has 17 heavy (non-hydrogen) atoms. The maximum absolute atomic E-state index is 11.4. The Bertz CT molecular complexity index is 413. The number of rotatable bonds is 4. The van der Waals surface area contributed by atoms with Crippen LogP contribution in [0.1, 0.15) is 18.1 Å². The largest absolute Gasteiger partial charge is 0.491 e. The summed E-state index contributed by atoms with van der Waals surface area (Å²) >= 11 is 0. The average Bonchev–Trinajstić information content (AvgIpc) is 2.29. The Hall–Kier alpha value is -1.55. The number of ether oxygens (including phenoxy) is 2. The normalized spacial score (nSPS) is 13.9. The molecule has 0 aliphatic rings. The van der Waals surface area contributed by atoms with Crippen LogP contribution in [0.3, 0.4) is 0 Å². The molecule has 0 fully saturated rings. The van der Waals surface area contributed by atoms with Gasteiger partial charge >= 0.3 is 5.97 Å². The Morgan fingerprint density at radius 1 is 1.41 bits per heavy atom. The summed E-state index contributed by atoms with van der Waals surface area (Å²) in [4.78, 5) is 11.4. The third-order valence-corrected chi connectivity index (χ3v) is 2.52. The molecule has 2 N–H and O–H groups in total. The van der Waals surface area contributed by atoms with Gasteiger partial charge in [0, 0.05) is 0 Å². The lowest BCUT2D eigenvalue weighted by molar-refractivity contribution is -0.147. The van der Waals surface area contributed by atoms with Crippen LogP contribution in [0.15, 0.2) is 18.2 Å². The molecule has 4 nitrogen and oxygen atoms in total. The Kier molecular flexibility index (Phi) is 4.12. The first-order chi connectivity index (χ1) is 7.86. The van der Waals surface area contributed by atoms with Crippen molar-refractivity contribution >= 4 is 5.97 Å². The van der Waals surface area contributed by atoms with Gasteiger partial charge in [0.25, 0.3) is 0 Å². The molecule has 1 aromatic carbocycles. The highest BCUT2D eigenvalue weighted by Crippen LogP contribution is 2.20. The molecule has 0 bridgehead atoms. The van der Waals surface area contributed by atoms with Gasteiger partial charge < -0.3 is 15.2 Å². The standard InChI is InChI=1S/C13H19NO3/c1-9-5-6-10(2)11(7-9)17-8-13(3,14)12(15)16-4/h5-7H,8,14H2,1-4H3. The Balaban J connectivity index is 2.73. The van der Waals surface area contributed by atoms with Crippen LogP contribution in [-0.4, -0.2) is 25.2 Å². The highest BCUT2D eigenvalue weighted by Gasteiger charge is 2.30. The molecule has 0 amide bonds. The number of benzene rings is 1. The molecular formula is C13H19NO3. The van der Waals surface area contributed by atoms with Gasteiger partial charge in [0.05, 0.1) is 7.11 Å². The highest BCUT2D eigenvalue weighted by atomic mass is 16.5. The fraction of sp³-hybridized carbons (Fsp3) is 0.462. The second kappa shape index (κ2) is 5.19. The summed E-state index contributed by atoms with van der Waals surface area (Å²) in [6.45, 7) is 5.60. The summed E-state index contributed by atoms with van der Waals surface area (Å²) in [5.41, 5.74) is 6.78. The summed E-state index contributed by atoms with van der Waals surface area (Å²) in [5, 5.41) is 0. The lowest BCUT2D eigenvalue weighted by Crippen LogP contribution is -2.50. The molecule has 0 saturated heterocycles. The molecule has 0 saturated carbocycles. The summed E-state index contributed by atoms with van der Waals surface area (Å²) in [6.07, 6.45) is 0. The SMILES string of the molecule is COC(=O)C(C)(N)COc1cc(C)ccc1C. The van der Waals surface area contributed by atoms with Crippen LogP contribution in [0.2, 0.25) is 0 Å². The third kappa shape index (κ3) is 3.46. The van der Waals surface area contributed by atoms with E-state index in [1.807, 2.05) is 32.0 Å². The number of nitrogens with two attached hydrogens (primary N) is 1. The first-order valence-electron chi connectivity index (χ1n) is 5.44. The van der Waals surface area contributed by atoms with Crippen molar-refractivity contribution in [2.24, 2.45) is 5.73 Å². The van der Waals surface area contributed by atoms with Gasteiger partial charge in [-0.3, -0.25) is 0 Å². The van der Waals surface area contributed by atoms with Gasteiger partial charge in [-0.05, 0) is 38.0 Å². The molecule has 4 heteroatoms. The zero-order chi connectivity index (χ0) is 13.1. The van der Waals surface area contributed by atoms with E-state index in [-0.39, 0.29) is 6.61 Å². The fourth-order valence-corrected chi connectivity index (χ4v) is 1.38. The number of methoxy groups -OCH3 is 1. The topological polar surface area (TPSA) is 61.5 Å². The first kappa shape index (κ1) is 13.5. The van der Waals surface area contributed by atoms with Crippen LogP contribution in [0.25, 0.3) is 0 Å². The molecule has 0 aliphatic heterocycles. The number of carbonyl (C=O) groups excluding carboxylic acids is 1. The molecule has 1 atom stereocenters. The minimum absolute atomic E-state index is 0.0873. The highest BCUT2D eigenvalue weighted by molar-refractivity contribution is 5.80. The van der Waals surface area contributed by atoms with Crippen LogP contribution in [0.5, 0.6) is 5.75 Å². The van der Waals surface area contributed by atoms with Crippen LogP contribution in [0.4, 0.5) is 0 Å². The minimum Gasteiger partial charge on any atom is -0.491 e. The number of carbonyl (C=O) groups is 1. The molecule has 0 spiro atoms. The van der Waals surface area contributed by atoms with E-state index in [4.69, 9.17) is 10.5 Å². The van der Waals surface area contributed by atoms with E-state index >= 15 is 0 Å². The van der Waals surface area contributed by atoms with Crippen molar-refractivity contribution in [1.29, 1.82) is 0 Å². The Morgan fingerprint density at radius 2 is 2.06 bits per heavy atom. The fourth-order valence-electron chi connectivity index (χ4n) is 1.38. The maximum Gasteiger partial charge on any atom is 0.329 e. The Labute approximate surface area is 102 Å². The van der Waals surface area contributed by atoms with Crippen LogP contribution < -0.4 is 10.5 Å². The molecule has 0 aliphatic carbocycles. The maximum atomic E-state index is 11.4. The van der Waals surface area contributed by atoms with Crippen molar-refractivity contribution in [3.63, 3.8) is 0 Å². The van der Waals surface area contributed by atoms with Crippen LogP contribution in [-0.2, 0) is 9.53 Å². The quantitative estimate of drug-likeness (QED) is 0.807. The molecule has 1 aromatic rings.